The van der Waals surface area contributed by atoms with Crippen molar-refractivity contribution in [2.45, 2.75) is 191 Å². The normalized spacial score (nSPS) is 42.4. The predicted octanol–water partition coefficient (Wildman–Crippen LogP) is 2.03. The van der Waals surface area contributed by atoms with Crippen molar-refractivity contribution in [2.24, 2.45) is 5.92 Å². The molecule has 0 amide bonds. The molecule has 0 saturated carbocycles. The van der Waals surface area contributed by atoms with Crippen molar-refractivity contribution in [3.63, 3.8) is 0 Å². The summed E-state index contributed by atoms with van der Waals surface area (Å²) in [5, 5.41) is 0. The molecule has 0 aromatic heterocycles. The molecule has 4 radical (unpaired) electrons. The van der Waals surface area contributed by atoms with Crippen LogP contribution in [-0.4, -0.2) is 338 Å². The smallest absolute Gasteiger partial charge is 0.139 e. The highest BCUT2D eigenvalue weighted by Gasteiger charge is 2.61. The molecule has 0 aromatic carbocycles. The van der Waals surface area contributed by atoms with Gasteiger partial charge in [-0.3, -0.25) is 0 Å². The van der Waals surface area contributed by atoms with Crippen LogP contribution >= 0.6 is 44.0 Å². The summed E-state index contributed by atoms with van der Waals surface area (Å²) in [6.45, 7) is 10.7. The SMILES string of the molecule is C=P(O)(O)/C=C/C12COC(C(C)CO1)C2OC.C=P(O)(O)/C=C/[C@@]12CCOC([C@H](C)O1)[C@H]2OC.C=P(O)(O)/C=C/[C@@]12COC([C@H](C)O1)[C@H]2OC.C=P(O)(O)/C=C/[C@]12CO[C@H](C[C@@H]1OC)C(C)O2.[B]C1CC2OCC(/C=C/P(=C)(O)O)(O1)C2OC.[B]C1O[C@@]2(/C=C/P(=C)(O)O)CO[C@@H]1[C@H](OC)C2. The molecule has 12 N–H and O–H groups in total. The molecule has 0 aromatic rings. The molecule has 574 valence electrons. The second-order valence-electron chi connectivity index (χ2n) is 27.4. The molecule has 14 rings (SSSR count). The van der Waals surface area contributed by atoms with E-state index in [1.807, 2.05) is 27.7 Å². The Kier molecular flexibility index (Phi) is 30.0. The largest absolute Gasteiger partial charge is 0.379 e. The third-order valence-corrected chi connectivity index (χ3v) is 22.8. The fourth-order valence-electron chi connectivity index (χ4n) is 14.3. The van der Waals surface area contributed by atoms with Gasteiger partial charge in [-0.2, -0.15) is 0 Å². The fourth-order valence-corrected chi connectivity index (χ4v) is 17.3. The molecular weight excluding hydrogens is 1440 g/mol. The van der Waals surface area contributed by atoms with Crippen molar-refractivity contribution in [3.05, 3.63) is 71.4 Å². The van der Waals surface area contributed by atoms with E-state index >= 15 is 0 Å². The van der Waals surface area contributed by atoms with Crippen molar-refractivity contribution in [3.8, 4) is 0 Å². The van der Waals surface area contributed by atoms with Gasteiger partial charge in [0.25, 0.3) is 0 Å². The number of hydrogen-bond acceptors (Lipinski definition) is 30. The van der Waals surface area contributed by atoms with Gasteiger partial charge in [0.2, 0.25) is 0 Å². The highest BCUT2D eigenvalue weighted by molar-refractivity contribution is 7.67. The lowest BCUT2D eigenvalue weighted by Crippen LogP contribution is -2.63. The zero-order chi connectivity index (χ0) is 75.4. The summed E-state index contributed by atoms with van der Waals surface area (Å²) in [5.41, 5.74) is -4.34. The molecule has 14 saturated heterocycles. The maximum Gasteiger partial charge on any atom is 0.139 e. The third-order valence-electron chi connectivity index (χ3n) is 19.0. The van der Waals surface area contributed by atoms with Gasteiger partial charge in [-0.05, 0) is 136 Å². The third kappa shape index (κ3) is 22.5. The van der Waals surface area contributed by atoms with Crippen molar-refractivity contribution < 1.29 is 144 Å². The van der Waals surface area contributed by atoms with Crippen LogP contribution in [0.4, 0.5) is 0 Å². The quantitative estimate of drug-likeness (QED) is 0.0690. The molecule has 24 atom stereocenters. The van der Waals surface area contributed by atoms with Crippen molar-refractivity contribution in [1.29, 1.82) is 0 Å². The van der Waals surface area contributed by atoms with Crippen molar-refractivity contribution in [1.82, 2.24) is 0 Å². The lowest BCUT2D eigenvalue weighted by Gasteiger charge is -2.52. The van der Waals surface area contributed by atoms with Gasteiger partial charge in [0.1, 0.15) is 136 Å². The molecule has 30 nitrogen and oxygen atoms in total. The van der Waals surface area contributed by atoms with E-state index in [0.717, 1.165) is 6.42 Å². The van der Waals surface area contributed by atoms with E-state index in [-0.39, 0.29) is 97.5 Å². The first-order chi connectivity index (χ1) is 46.7. The first kappa shape index (κ1) is 87.4. The first-order valence-corrected chi connectivity index (χ1v) is 44.2. The van der Waals surface area contributed by atoms with Crippen LogP contribution in [-0.2, 0) is 85.3 Å². The molecule has 101 heavy (non-hydrogen) atoms. The minimum atomic E-state index is -3.24. The first-order valence-electron chi connectivity index (χ1n) is 32.5. The fraction of sp³-hybridized carbons (Fsp3) is 0.714. The molecule has 38 heteroatoms. The van der Waals surface area contributed by atoms with Gasteiger partial charge in [-0.25, -0.2) is 0 Å². The van der Waals surface area contributed by atoms with Crippen LogP contribution < -0.4 is 0 Å². The summed E-state index contributed by atoms with van der Waals surface area (Å²) in [6, 6.07) is -1.00. The zero-order valence-electron chi connectivity index (χ0n) is 58.9. The average Bonchev–Trinajstić information content (AvgIpc) is 1.28. The highest BCUT2D eigenvalue weighted by atomic mass is 31.2. The topological polar surface area (TPSA) is 409 Å². The Morgan fingerprint density at radius 3 is 1.31 bits per heavy atom. The number of ether oxygens (including phenoxy) is 18. The van der Waals surface area contributed by atoms with Crippen LogP contribution in [0.1, 0.15) is 53.4 Å². The summed E-state index contributed by atoms with van der Waals surface area (Å²) in [7, 11) is 1.98. The predicted molar refractivity (Wildman–Crippen MR) is 392 cm³/mol. The Bertz CT molecular complexity index is 3170. The van der Waals surface area contributed by atoms with Crippen LogP contribution in [0.3, 0.4) is 0 Å². The minimum Gasteiger partial charge on any atom is -0.379 e. The summed E-state index contributed by atoms with van der Waals surface area (Å²) >= 11 is 0. The van der Waals surface area contributed by atoms with Crippen molar-refractivity contribution in [2.75, 3.05) is 88.9 Å². The Morgan fingerprint density at radius 2 is 0.802 bits per heavy atom. The second kappa shape index (κ2) is 34.6. The van der Waals surface area contributed by atoms with Crippen LogP contribution in [0.5, 0.6) is 0 Å². The molecule has 14 aliphatic heterocycles. The van der Waals surface area contributed by atoms with E-state index in [1.54, 1.807) is 79.1 Å². The van der Waals surface area contributed by atoms with Crippen LogP contribution in [0, 0.1) is 5.92 Å². The Labute approximate surface area is 595 Å². The Balaban J connectivity index is 0.000000170. The zero-order valence-corrected chi connectivity index (χ0v) is 64.3. The van der Waals surface area contributed by atoms with Gasteiger partial charge in [0.15, 0.2) is 0 Å². The van der Waals surface area contributed by atoms with Crippen LogP contribution in [0.15, 0.2) is 71.4 Å². The maximum atomic E-state index is 9.34. The van der Waals surface area contributed by atoms with E-state index in [1.165, 1.54) is 34.9 Å². The number of hydrogen-bond donors (Lipinski definition) is 12. The van der Waals surface area contributed by atoms with Crippen LogP contribution in [0.2, 0.25) is 0 Å². The molecule has 14 fully saturated rings. The van der Waals surface area contributed by atoms with Gasteiger partial charge >= 0.3 is 0 Å². The Hall–Kier alpha value is -0.830. The lowest BCUT2D eigenvalue weighted by atomic mass is 9.78. The van der Waals surface area contributed by atoms with E-state index < -0.39 is 89.7 Å². The van der Waals surface area contributed by atoms with Crippen LogP contribution in [0.25, 0.3) is 0 Å². The van der Waals surface area contributed by atoms with Gasteiger partial charge in [-0.15, -0.1) is 0 Å². The average molecular weight is 1550 g/mol. The molecule has 14 heterocycles. The summed E-state index contributed by atoms with van der Waals surface area (Å²) in [5.74, 6) is 8.03. The monoisotopic (exact) mass is 1550 g/mol. The maximum absolute atomic E-state index is 9.34. The van der Waals surface area contributed by atoms with Gasteiger partial charge in [0, 0.05) is 79.8 Å². The van der Waals surface area contributed by atoms with Gasteiger partial charge in [-0.1, -0.05) is 6.92 Å². The van der Waals surface area contributed by atoms with Gasteiger partial charge < -0.3 is 144 Å². The molecule has 12 unspecified atom stereocenters. The molecule has 0 aliphatic carbocycles. The van der Waals surface area contributed by atoms with E-state index in [4.69, 9.17) is 101 Å². The number of methoxy groups -OCH3 is 6. The molecule has 14 aliphatic rings. The van der Waals surface area contributed by atoms with E-state index in [9.17, 15) is 58.7 Å². The molecule has 12 bridgehead atoms. The van der Waals surface area contributed by atoms with E-state index in [0.29, 0.717) is 65.5 Å². The summed E-state index contributed by atoms with van der Waals surface area (Å²) in [6.07, 6.45) is 30.1. The molecule has 0 spiro atoms. The summed E-state index contributed by atoms with van der Waals surface area (Å²) in [4.78, 5) is 112. The van der Waals surface area contributed by atoms with E-state index in [2.05, 4.69) is 37.8 Å². The van der Waals surface area contributed by atoms with Gasteiger partial charge in [0.05, 0.1) is 95.1 Å². The molecular formula is C63H106B2O30P6. The van der Waals surface area contributed by atoms with Crippen molar-refractivity contribution >= 4 is 97.5 Å². The number of rotatable bonds is 18. The number of fused-ring (bicyclic) bond motifs is 14. The second-order valence-corrected chi connectivity index (χ2v) is 38.6. The standard InChI is InChI=1S/3C11H19O5P.2C10H16BO5P.C10H17O5P/c1-8-9-10(14-2)11(16-8,4-6-15-9)5-7-17(3,12)13;1-8-9-6-10(14-2)11(16-8,7-15-9)4-5-17(3,12)13;1-8-6-16-11(4-5-17(3,12)13)7-15-9(8)10(11)14-2;1-14-7-5-10(3-4-17(2,12)13)6-15-8(7)9(11)16-10;1-14-9-7-5-8(11)16-10(9,6-15-7)3-4-17(2,12)13;1-7-8-9(13-2)10(15-7,6-14-8)4-5-16(3,11)12/h5,7-10,12-13H,3-4,6H2,1-2H3;2*4-5,8-10,12-13H,3,6-7H2,1-2H3;2*3-4,7-9,12-13H,2,5-6H2,1H3;4-5,7-9,11-12H,3,6H2,1-2H3/b7-5+;2*5-4+;2*4-3+;5-4+/t8-,9?,10+,11+;8?,9-,10+,11+;;7-,8-,9?,10-;;7-,8?,9+,10-/m01.1.0/s1. The summed E-state index contributed by atoms with van der Waals surface area (Å²) < 4.78 is 101. The minimum absolute atomic E-state index is 0.00617. The highest BCUT2D eigenvalue weighted by Crippen LogP contribution is 2.51. The lowest BCUT2D eigenvalue weighted by molar-refractivity contribution is -0.288. The Morgan fingerprint density at radius 1 is 0.396 bits per heavy atom.